The summed E-state index contributed by atoms with van der Waals surface area (Å²) in [5, 5.41) is 12.8. The van der Waals surface area contributed by atoms with Crippen LogP contribution in [0.15, 0.2) is 6.07 Å². The lowest BCUT2D eigenvalue weighted by molar-refractivity contribution is 0.374. The second kappa shape index (κ2) is 6.71. The first kappa shape index (κ1) is 14.8. The van der Waals surface area contributed by atoms with Crippen molar-refractivity contribution in [3.8, 4) is 6.07 Å². The second-order valence-corrected chi connectivity index (χ2v) is 5.62. The van der Waals surface area contributed by atoms with Crippen molar-refractivity contribution >= 4 is 5.82 Å². The molecule has 1 aromatic rings. The molecule has 20 heavy (non-hydrogen) atoms. The number of rotatable bonds is 4. The maximum absolute atomic E-state index is 9.41. The van der Waals surface area contributed by atoms with Gasteiger partial charge < -0.3 is 10.2 Å². The van der Waals surface area contributed by atoms with Crippen LogP contribution in [0.2, 0.25) is 0 Å². The van der Waals surface area contributed by atoms with Crippen LogP contribution in [0.5, 0.6) is 0 Å². The Labute approximate surface area is 121 Å². The molecular formula is C16H24N4. The number of piperidine rings is 1. The highest BCUT2D eigenvalue weighted by atomic mass is 15.2. The van der Waals surface area contributed by atoms with Crippen LogP contribution in [0.3, 0.4) is 0 Å². The van der Waals surface area contributed by atoms with E-state index in [0.717, 1.165) is 48.8 Å². The summed E-state index contributed by atoms with van der Waals surface area (Å²) in [5.74, 6) is 1.57. The highest BCUT2D eigenvalue weighted by Gasteiger charge is 2.20. The van der Waals surface area contributed by atoms with E-state index in [-0.39, 0.29) is 0 Å². The van der Waals surface area contributed by atoms with Gasteiger partial charge in [0, 0.05) is 18.8 Å². The van der Waals surface area contributed by atoms with Gasteiger partial charge in [-0.15, -0.1) is 0 Å². The Morgan fingerprint density at radius 2 is 2.10 bits per heavy atom. The average Bonchev–Trinajstić information content (AvgIpc) is 2.45. The molecular weight excluding hydrogens is 248 g/mol. The summed E-state index contributed by atoms with van der Waals surface area (Å²) in [6, 6.07) is 4.31. The Balaban J connectivity index is 2.24. The quantitative estimate of drug-likeness (QED) is 0.914. The molecule has 0 bridgehead atoms. The van der Waals surface area contributed by atoms with Gasteiger partial charge in [-0.2, -0.15) is 5.26 Å². The van der Waals surface area contributed by atoms with Crippen LogP contribution < -0.4 is 10.2 Å². The minimum absolute atomic E-state index is 0.699. The normalized spacial score (nSPS) is 15.9. The van der Waals surface area contributed by atoms with Crippen LogP contribution in [-0.4, -0.2) is 31.2 Å². The van der Waals surface area contributed by atoms with Gasteiger partial charge in [-0.05, 0) is 64.3 Å². The van der Waals surface area contributed by atoms with E-state index in [1.807, 2.05) is 19.9 Å². The summed E-state index contributed by atoms with van der Waals surface area (Å²) in [4.78, 5) is 6.90. The molecule has 2 heterocycles. The first-order valence-electron chi connectivity index (χ1n) is 7.49. The van der Waals surface area contributed by atoms with Crippen LogP contribution in [0.1, 0.15) is 36.6 Å². The summed E-state index contributed by atoms with van der Waals surface area (Å²) in [7, 11) is 0. The zero-order valence-corrected chi connectivity index (χ0v) is 12.7. The molecule has 0 radical (unpaired) electrons. The number of pyridine rings is 1. The van der Waals surface area contributed by atoms with Crippen molar-refractivity contribution in [1.82, 2.24) is 10.3 Å². The van der Waals surface area contributed by atoms with Crippen LogP contribution in [0.25, 0.3) is 0 Å². The summed E-state index contributed by atoms with van der Waals surface area (Å²) >= 11 is 0. The van der Waals surface area contributed by atoms with Crippen molar-refractivity contribution in [2.45, 2.75) is 33.6 Å². The summed E-state index contributed by atoms with van der Waals surface area (Å²) in [6.07, 6.45) is 2.42. The van der Waals surface area contributed by atoms with Crippen molar-refractivity contribution in [1.29, 1.82) is 5.26 Å². The third-order valence-corrected chi connectivity index (χ3v) is 4.06. The van der Waals surface area contributed by atoms with E-state index in [9.17, 15) is 5.26 Å². The van der Waals surface area contributed by atoms with Gasteiger partial charge in [-0.3, -0.25) is 0 Å². The van der Waals surface area contributed by atoms with Gasteiger partial charge in [-0.1, -0.05) is 0 Å². The van der Waals surface area contributed by atoms with Gasteiger partial charge in [0.25, 0.3) is 0 Å². The number of hydrogen-bond donors (Lipinski definition) is 1. The number of nitriles is 1. The molecule has 1 saturated heterocycles. The monoisotopic (exact) mass is 272 g/mol. The van der Waals surface area contributed by atoms with E-state index in [0.29, 0.717) is 5.92 Å². The Morgan fingerprint density at radius 1 is 1.40 bits per heavy atom. The van der Waals surface area contributed by atoms with E-state index >= 15 is 0 Å². The van der Waals surface area contributed by atoms with E-state index in [1.54, 1.807) is 0 Å². The Morgan fingerprint density at radius 3 is 2.70 bits per heavy atom. The van der Waals surface area contributed by atoms with Crippen LogP contribution >= 0.6 is 0 Å². The third kappa shape index (κ3) is 3.29. The minimum atomic E-state index is 0.699. The Hall–Kier alpha value is -1.60. The molecule has 108 valence electrons. The van der Waals surface area contributed by atoms with Crippen LogP contribution in [-0.2, 0) is 0 Å². The molecule has 1 aliphatic heterocycles. The fraction of sp³-hybridized carbons (Fsp3) is 0.625. The molecule has 4 heteroatoms. The molecule has 0 aromatic carbocycles. The molecule has 1 N–H and O–H groups in total. The average molecular weight is 272 g/mol. The van der Waals surface area contributed by atoms with E-state index < -0.39 is 0 Å². The van der Waals surface area contributed by atoms with Crippen molar-refractivity contribution in [2.24, 2.45) is 5.92 Å². The van der Waals surface area contributed by atoms with Gasteiger partial charge in [0.2, 0.25) is 0 Å². The Bertz CT molecular complexity index is 498. The Kier molecular flexibility index (Phi) is 4.97. The summed E-state index contributed by atoms with van der Waals surface area (Å²) < 4.78 is 0. The predicted molar refractivity (Wildman–Crippen MR) is 81.9 cm³/mol. The molecule has 0 atom stereocenters. The molecule has 0 spiro atoms. The lowest BCUT2D eigenvalue weighted by atomic mass is 9.97. The SMILES string of the molecule is CCN(CC1CCNCC1)c1nc(C)cc(C)c1C#N. The molecule has 0 amide bonds. The van der Waals surface area contributed by atoms with Gasteiger partial charge >= 0.3 is 0 Å². The number of aromatic nitrogens is 1. The number of aryl methyl sites for hydroxylation is 2. The molecule has 1 aliphatic rings. The molecule has 0 saturated carbocycles. The van der Waals surface area contributed by atoms with E-state index in [4.69, 9.17) is 0 Å². The number of anilines is 1. The van der Waals surface area contributed by atoms with Crippen LogP contribution in [0, 0.1) is 31.1 Å². The van der Waals surface area contributed by atoms with E-state index in [2.05, 4.69) is 28.2 Å². The lowest BCUT2D eigenvalue weighted by Gasteiger charge is -2.31. The van der Waals surface area contributed by atoms with E-state index in [1.165, 1.54) is 12.8 Å². The van der Waals surface area contributed by atoms with Gasteiger partial charge in [0.15, 0.2) is 0 Å². The number of nitrogens with zero attached hydrogens (tertiary/aromatic N) is 3. The summed E-state index contributed by atoms with van der Waals surface area (Å²) in [5.41, 5.74) is 2.74. The first-order chi connectivity index (χ1) is 9.65. The molecule has 0 aliphatic carbocycles. The number of nitrogens with one attached hydrogen (secondary N) is 1. The molecule has 2 rings (SSSR count). The zero-order valence-electron chi connectivity index (χ0n) is 12.7. The summed E-state index contributed by atoms with van der Waals surface area (Å²) in [6.45, 7) is 10.2. The molecule has 1 fully saturated rings. The molecule has 0 unspecified atom stereocenters. The van der Waals surface area contributed by atoms with Crippen molar-refractivity contribution in [3.63, 3.8) is 0 Å². The van der Waals surface area contributed by atoms with Crippen molar-refractivity contribution in [3.05, 3.63) is 22.9 Å². The highest BCUT2D eigenvalue weighted by Crippen LogP contribution is 2.24. The lowest BCUT2D eigenvalue weighted by Crippen LogP contribution is -2.37. The van der Waals surface area contributed by atoms with Gasteiger partial charge in [0.05, 0.1) is 5.56 Å². The van der Waals surface area contributed by atoms with Crippen molar-refractivity contribution < 1.29 is 0 Å². The maximum atomic E-state index is 9.41. The smallest absolute Gasteiger partial charge is 0.147 e. The molecule has 1 aromatic heterocycles. The zero-order chi connectivity index (χ0) is 14.5. The second-order valence-electron chi connectivity index (χ2n) is 5.62. The standard InChI is InChI=1S/C16H24N4/c1-4-20(11-14-5-7-18-8-6-14)16-15(10-17)12(2)9-13(3)19-16/h9,14,18H,4-8,11H2,1-3H3. The maximum Gasteiger partial charge on any atom is 0.147 e. The largest absolute Gasteiger partial charge is 0.356 e. The topological polar surface area (TPSA) is 52.0 Å². The highest BCUT2D eigenvalue weighted by molar-refractivity contribution is 5.58. The third-order valence-electron chi connectivity index (χ3n) is 4.06. The van der Waals surface area contributed by atoms with Gasteiger partial charge in [0.1, 0.15) is 11.9 Å². The van der Waals surface area contributed by atoms with Crippen molar-refractivity contribution in [2.75, 3.05) is 31.1 Å². The minimum Gasteiger partial charge on any atom is -0.356 e. The predicted octanol–water partition coefficient (Wildman–Crippen LogP) is 2.40. The first-order valence-corrected chi connectivity index (χ1v) is 7.49. The fourth-order valence-corrected chi connectivity index (χ4v) is 2.93. The van der Waals surface area contributed by atoms with Gasteiger partial charge in [-0.25, -0.2) is 4.98 Å². The number of hydrogen-bond acceptors (Lipinski definition) is 4. The fourth-order valence-electron chi connectivity index (χ4n) is 2.93. The van der Waals surface area contributed by atoms with Crippen LogP contribution in [0.4, 0.5) is 5.82 Å². The molecule has 4 nitrogen and oxygen atoms in total.